The molecule has 0 saturated heterocycles. The second-order valence-electron chi connectivity index (χ2n) is 8.30. The summed E-state index contributed by atoms with van der Waals surface area (Å²) < 4.78 is 0. The van der Waals surface area contributed by atoms with Crippen LogP contribution in [0.15, 0.2) is 41.8 Å². The molecule has 1 aromatic heterocycles. The number of hydrogen-bond acceptors (Lipinski definition) is 3. The van der Waals surface area contributed by atoms with E-state index >= 15 is 0 Å². The van der Waals surface area contributed by atoms with Crippen LogP contribution in [-0.2, 0) is 16.0 Å². The van der Waals surface area contributed by atoms with Crippen molar-refractivity contribution >= 4 is 23.2 Å². The lowest BCUT2D eigenvalue weighted by Crippen LogP contribution is -2.51. The van der Waals surface area contributed by atoms with Crippen molar-refractivity contribution in [2.75, 3.05) is 13.1 Å². The highest BCUT2D eigenvalue weighted by Gasteiger charge is 2.36. The van der Waals surface area contributed by atoms with Crippen molar-refractivity contribution in [2.24, 2.45) is 5.92 Å². The van der Waals surface area contributed by atoms with Gasteiger partial charge in [0.15, 0.2) is 0 Å². The largest absolute Gasteiger partial charge is 0.330 e. The third-order valence-electron chi connectivity index (χ3n) is 6.57. The number of rotatable bonds is 6. The van der Waals surface area contributed by atoms with Crippen LogP contribution in [0.2, 0.25) is 0 Å². The van der Waals surface area contributed by atoms with Crippen LogP contribution >= 0.6 is 11.3 Å². The van der Waals surface area contributed by atoms with Gasteiger partial charge in [-0.25, -0.2) is 0 Å². The molecule has 29 heavy (non-hydrogen) atoms. The Hall–Kier alpha value is -2.14. The third-order valence-corrected chi connectivity index (χ3v) is 7.56. The van der Waals surface area contributed by atoms with Crippen LogP contribution < -0.4 is 0 Å². The molecule has 2 atom stereocenters. The molecule has 2 unspecified atom stereocenters. The zero-order valence-electron chi connectivity index (χ0n) is 17.3. The quantitative estimate of drug-likeness (QED) is 0.695. The van der Waals surface area contributed by atoms with E-state index in [1.165, 1.54) is 10.4 Å². The molecule has 4 nitrogen and oxygen atoms in total. The summed E-state index contributed by atoms with van der Waals surface area (Å²) in [6.45, 7) is 5.04. The maximum absolute atomic E-state index is 13.5. The number of benzene rings is 1. The molecule has 5 heteroatoms. The molecule has 1 saturated carbocycles. The van der Waals surface area contributed by atoms with Crippen LogP contribution in [-0.4, -0.2) is 40.7 Å². The standard InChI is InChI=1S/C24H30N2O2S/c1-3-17(2)26(24(28)19-10-7-11-19)16-22(27)25-14-12-21-20(13-15-29-21)23(25)18-8-5-4-6-9-18/h4-6,8-9,13,15,17,19,23H,3,7,10-12,14,16H2,1-2H3. The van der Waals surface area contributed by atoms with Gasteiger partial charge in [-0.15, -0.1) is 11.3 Å². The number of amides is 2. The lowest BCUT2D eigenvalue weighted by atomic mass is 9.84. The molecule has 0 bridgehead atoms. The van der Waals surface area contributed by atoms with E-state index < -0.39 is 0 Å². The van der Waals surface area contributed by atoms with E-state index in [4.69, 9.17) is 0 Å². The SMILES string of the molecule is CCC(C)N(CC(=O)N1CCc2sccc2C1c1ccccc1)C(=O)C1CCC1. The first kappa shape index (κ1) is 20.1. The highest BCUT2D eigenvalue weighted by molar-refractivity contribution is 7.10. The van der Waals surface area contributed by atoms with Crippen molar-refractivity contribution < 1.29 is 9.59 Å². The van der Waals surface area contributed by atoms with Gasteiger partial charge in [-0.1, -0.05) is 43.7 Å². The van der Waals surface area contributed by atoms with E-state index in [1.54, 1.807) is 11.3 Å². The summed E-state index contributed by atoms with van der Waals surface area (Å²) in [6.07, 6.45) is 4.81. The number of hydrogen-bond donors (Lipinski definition) is 0. The van der Waals surface area contributed by atoms with E-state index in [2.05, 4.69) is 37.4 Å². The molecule has 0 spiro atoms. The molecule has 1 aliphatic carbocycles. The lowest BCUT2D eigenvalue weighted by Gasteiger charge is -2.40. The molecular formula is C24H30N2O2S. The number of carbonyl (C=O) groups excluding carboxylic acids is 2. The van der Waals surface area contributed by atoms with Crippen molar-refractivity contribution in [3.8, 4) is 0 Å². The predicted molar refractivity (Wildman–Crippen MR) is 117 cm³/mol. The third kappa shape index (κ3) is 3.97. The van der Waals surface area contributed by atoms with Crippen LogP contribution in [0.4, 0.5) is 0 Å². The van der Waals surface area contributed by atoms with E-state index in [1.807, 2.05) is 28.0 Å². The Bertz CT molecular complexity index is 859. The Labute approximate surface area is 177 Å². The summed E-state index contributed by atoms with van der Waals surface area (Å²) in [6, 6.07) is 12.5. The van der Waals surface area contributed by atoms with Gasteiger partial charge in [0.1, 0.15) is 6.54 Å². The highest BCUT2D eigenvalue weighted by atomic mass is 32.1. The van der Waals surface area contributed by atoms with Crippen molar-refractivity contribution in [3.05, 3.63) is 57.8 Å². The van der Waals surface area contributed by atoms with Crippen molar-refractivity contribution in [1.82, 2.24) is 9.80 Å². The zero-order valence-corrected chi connectivity index (χ0v) is 18.2. The second-order valence-corrected chi connectivity index (χ2v) is 9.30. The summed E-state index contributed by atoms with van der Waals surface area (Å²) in [7, 11) is 0. The Morgan fingerprint density at radius 1 is 1.21 bits per heavy atom. The monoisotopic (exact) mass is 410 g/mol. The minimum Gasteiger partial charge on any atom is -0.330 e. The summed E-state index contributed by atoms with van der Waals surface area (Å²) in [5.74, 6) is 0.346. The van der Waals surface area contributed by atoms with E-state index in [-0.39, 0.29) is 36.4 Å². The maximum atomic E-state index is 13.5. The molecule has 1 aliphatic heterocycles. The highest BCUT2D eigenvalue weighted by Crippen LogP contribution is 2.38. The Kier molecular flexibility index (Phi) is 6.04. The molecule has 0 radical (unpaired) electrons. The normalized spacial score (nSPS) is 19.9. The van der Waals surface area contributed by atoms with Crippen LogP contribution in [0.1, 0.15) is 61.6 Å². The molecular weight excluding hydrogens is 380 g/mol. The number of thiophene rings is 1. The Balaban J connectivity index is 1.59. The van der Waals surface area contributed by atoms with Gasteiger partial charge in [-0.2, -0.15) is 0 Å². The van der Waals surface area contributed by atoms with Crippen molar-refractivity contribution in [3.63, 3.8) is 0 Å². The van der Waals surface area contributed by atoms with Gasteiger partial charge >= 0.3 is 0 Å². The van der Waals surface area contributed by atoms with Gasteiger partial charge in [-0.3, -0.25) is 9.59 Å². The average molecular weight is 411 g/mol. The summed E-state index contributed by atoms with van der Waals surface area (Å²) in [5.41, 5.74) is 2.38. The predicted octanol–water partition coefficient (Wildman–Crippen LogP) is 4.65. The average Bonchev–Trinajstić information content (AvgIpc) is 3.18. The molecule has 2 aliphatic rings. The van der Waals surface area contributed by atoms with Gasteiger partial charge < -0.3 is 9.80 Å². The zero-order chi connectivity index (χ0) is 20.4. The van der Waals surface area contributed by atoms with E-state index in [0.717, 1.165) is 37.7 Å². The molecule has 1 fully saturated rings. The first-order chi connectivity index (χ1) is 14.1. The summed E-state index contributed by atoms with van der Waals surface area (Å²) in [4.78, 5) is 31.7. The molecule has 2 amide bonds. The van der Waals surface area contributed by atoms with Crippen LogP contribution in [0.5, 0.6) is 0 Å². The smallest absolute Gasteiger partial charge is 0.243 e. The van der Waals surface area contributed by atoms with Gasteiger partial charge in [0.05, 0.1) is 6.04 Å². The molecule has 4 rings (SSSR count). The van der Waals surface area contributed by atoms with Crippen LogP contribution in [0.25, 0.3) is 0 Å². The molecule has 0 N–H and O–H groups in total. The van der Waals surface area contributed by atoms with Gasteiger partial charge in [-0.05, 0) is 55.2 Å². The van der Waals surface area contributed by atoms with Gasteiger partial charge in [0, 0.05) is 23.4 Å². The molecule has 1 aromatic carbocycles. The first-order valence-electron chi connectivity index (χ1n) is 10.8. The summed E-state index contributed by atoms with van der Waals surface area (Å²) in [5, 5.41) is 2.13. The van der Waals surface area contributed by atoms with Gasteiger partial charge in [0.2, 0.25) is 11.8 Å². The Morgan fingerprint density at radius 3 is 2.62 bits per heavy atom. The number of nitrogens with zero attached hydrogens (tertiary/aromatic N) is 2. The fourth-order valence-corrected chi connectivity index (χ4v) is 5.28. The van der Waals surface area contributed by atoms with Crippen molar-refractivity contribution in [1.29, 1.82) is 0 Å². The maximum Gasteiger partial charge on any atom is 0.243 e. The van der Waals surface area contributed by atoms with Crippen LogP contribution in [0, 0.1) is 5.92 Å². The first-order valence-corrected chi connectivity index (χ1v) is 11.7. The topological polar surface area (TPSA) is 40.6 Å². The lowest BCUT2D eigenvalue weighted by molar-refractivity contribution is -0.147. The van der Waals surface area contributed by atoms with E-state index in [9.17, 15) is 9.59 Å². The van der Waals surface area contributed by atoms with Gasteiger partial charge in [0.25, 0.3) is 0 Å². The molecule has 2 aromatic rings. The fourth-order valence-electron chi connectivity index (χ4n) is 4.38. The summed E-state index contributed by atoms with van der Waals surface area (Å²) >= 11 is 1.78. The number of carbonyl (C=O) groups is 2. The fraction of sp³-hybridized carbons (Fsp3) is 0.500. The minimum atomic E-state index is -0.0590. The second kappa shape index (κ2) is 8.70. The van der Waals surface area contributed by atoms with Crippen molar-refractivity contribution in [2.45, 2.75) is 58.0 Å². The Morgan fingerprint density at radius 2 is 1.97 bits per heavy atom. The molecule has 154 valence electrons. The van der Waals surface area contributed by atoms with Crippen LogP contribution in [0.3, 0.4) is 0 Å². The molecule has 2 heterocycles. The number of fused-ring (bicyclic) bond motifs is 1. The minimum absolute atomic E-state index is 0.0590. The van der Waals surface area contributed by atoms with E-state index in [0.29, 0.717) is 6.54 Å².